The quantitative estimate of drug-likeness (QED) is 0.780. The summed E-state index contributed by atoms with van der Waals surface area (Å²) in [4.78, 5) is 5.74. The molecule has 2 aromatic rings. The van der Waals surface area contributed by atoms with E-state index in [-0.39, 0.29) is 0 Å². The summed E-state index contributed by atoms with van der Waals surface area (Å²) in [7, 11) is 0. The van der Waals surface area contributed by atoms with Crippen molar-refractivity contribution in [2.45, 2.75) is 26.4 Å². The summed E-state index contributed by atoms with van der Waals surface area (Å²) < 4.78 is 2.13. The minimum absolute atomic E-state index is 0.866. The van der Waals surface area contributed by atoms with Crippen molar-refractivity contribution in [3.63, 3.8) is 0 Å². The molecule has 0 radical (unpaired) electrons. The fourth-order valence-corrected chi connectivity index (χ4v) is 2.27. The summed E-state index contributed by atoms with van der Waals surface area (Å²) in [6.07, 6.45) is 5.18. The van der Waals surface area contributed by atoms with Gasteiger partial charge in [-0.25, -0.2) is 4.98 Å². The molecule has 2 aromatic heterocycles. The summed E-state index contributed by atoms with van der Waals surface area (Å²) >= 11 is 1.78. The molecule has 0 fully saturated rings. The Morgan fingerprint density at radius 2 is 2.44 bits per heavy atom. The highest BCUT2D eigenvalue weighted by Gasteiger charge is 1.99. The van der Waals surface area contributed by atoms with Crippen LogP contribution in [-0.2, 0) is 13.1 Å². The Hall–Kier alpha value is -1.13. The lowest BCUT2D eigenvalue weighted by atomic mass is 10.4. The van der Waals surface area contributed by atoms with E-state index in [2.05, 4.69) is 45.5 Å². The molecule has 0 aliphatic carbocycles. The van der Waals surface area contributed by atoms with E-state index >= 15 is 0 Å². The van der Waals surface area contributed by atoms with Crippen LogP contribution in [0.1, 0.15) is 23.9 Å². The monoisotopic (exact) mass is 235 g/mol. The number of hydrogen-bond acceptors (Lipinski definition) is 3. The van der Waals surface area contributed by atoms with E-state index in [4.69, 9.17) is 0 Å². The van der Waals surface area contributed by atoms with E-state index < -0.39 is 0 Å². The third-order valence-electron chi connectivity index (χ3n) is 2.34. The van der Waals surface area contributed by atoms with Gasteiger partial charge in [-0.05, 0) is 24.4 Å². The Labute approximate surface area is 100 Å². The van der Waals surface area contributed by atoms with Crippen molar-refractivity contribution in [2.24, 2.45) is 0 Å². The molecule has 0 atom stereocenters. The maximum atomic E-state index is 4.37. The molecule has 16 heavy (non-hydrogen) atoms. The van der Waals surface area contributed by atoms with Gasteiger partial charge in [0.25, 0.3) is 0 Å². The van der Waals surface area contributed by atoms with Gasteiger partial charge in [-0.3, -0.25) is 0 Å². The van der Waals surface area contributed by atoms with E-state index in [1.807, 2.05) is 6.33 Å². The van der Waals surface area contributed by atoms with Crippen LogP contribution >= 0.6 is 11.3 Å². The van der Waals surface area contributed by atoms with Crippen LogP contribution in [0, 0.1) is 0 Å². The fourth-order valence-electron chi connectivity index (χ4n) is 1.56. The van der Waals surface area contributed by atoms with Gasteiger partial charge in [0.2, 0.25) is 0 Å². The molecule has 0 aromatic carbocycles. The first-order chi connectivity index (χ1) is 7.88. The van der Waals surface area contributed by atoms with Gasteiger partial charge in [-0.2, -0.15) is 0 Å². The summed E-state index contributed by atoms with van der Waals surface area (Å²) in [5.74, 6) is 0. The molecule has 2 heterocycles. The molecule has 0 saturated carbocycles. The molecule has 0 bridgehead atoms. The largest absolute Gasteiger partial charge is 0.332 e. The third-order valence-corrected chi connectivity index (χ3v) is 3.20. The Kier molecular flexibility index (Phi) is 4.13. The van der Waals surface area contributed by atoms with Gasteiger partial charge < -0.3 is 9.88 Å². The zero-order chi connectivity index (χ0) is 11.2. The van der Waals surface area contributed by atoms with E-state index in [0.717, 1.165) is 31.7 Å². The molecule has 0 aliphatic heterocycles. The average molecular weight is 235 g/mol. The fraction of sp³-hybridized carbons (Fsp3) is 0.417. The molecule has 1 N–H and O–H groups in total. The lowest BCUT2D eigenvalue weighted by Crippen LogP contribution is -2.13. The molecule has 3 nitrogen and oxygen atoms in total. The number of thiophene rings is 1. The van der Waals surface area contributed by atoms with E-state index in [1.54, 1.807) is 11.3 Å². The number of rotatable bonds is 6. The smallest absolute Gasteiger partial charge is 0.0953 e. The number of hydrogen-bond donors (Lipinski definition) is 1. The van der Waals surface area contributed by atoms with Crippen LogP contribution in [0.4, 0.5) is 0 Å². The molecule has 0 spiro atoms. The van der Waals surface area contributed by atoms with Gasteiger partial charge in [0.1, 0.15) is 0 Å². The van der Waals surface area contributed by atoms with Crippen LogP contribution in [0.2, 0.25) is 0 Å². The zero-order valence-electron chi connectivity index (χ0n) is 9.52. The highest BCUT2D eigenvalue weighted by Crippen LogP contribution is 2.10. The first-order valence-electron chi connectivity index (χ1n) is 5.62. The first-order valence-corrected chi connectivity index (χ1v) is 6.50. The lowest BCUT2D eigenvalue weighted by molar-refractivity contribution is 0.665. The molecular weight excluding hydrogens is 218 g/mol. The van der Waals surface area contributed by atoms with Gasteiger partial charge in [0, 0.05) is 17.6 Å². The first kappa shape index (κ1) is 11.4. The van der Waals surface area contributed by atoms with Crippen molar-refractivity contribution in [3.05, 3.63) is 40.6 Å². The van der Waals surface area contributed by atoms with Crippen LogP contribution in [0.15, 0.2) is 30.0 Å². The predicted octanol–water partition coefficient (Wildman–Crippen LogP) is 2.49. The highest BCUT2D eigenvalue weighted by atomic mass is 32.1. The van der Waals surface area contributed by atoms with Gasteiger partial charge in [0.15, 0.2) is 0 Å². The van der Waals surface area contributed by atoms with Crippen LogP contribution in [0.3, 0.4) is 0 Å². The second-order valence-corrected chi connectivity index (χ2v) is 4.83. The van der Waals surface area contributed by atoms with Crippen molar-refractivity contribution in [2.75, 3.05) is 6.54 Å². The summed E-state index contributed by atoms with van der Waals surface area (Å²) in [5, 5.41) is 5.46. The summed E-state index contributed by atoms with van der Waals surface area (Å²) in [5.41, 5.74) is 1.12. The number of aromatic nitrogens is 2. The van der Waals surface area contributed by atoms with Gasteiger partial charge >= 0.3 is 0 Å². The minimum atomic E-state index is 0.866. The zero-order valence-corrected chi connectivity index (χ0v) is 10.3. The Bertz CT molecular complexity index is 406. The third kappa shape index (κ3) is 3.18. The average Bonchev–Trinajstić information content (AvgIpc) is 2.91. The van der Waals surface area contributed by atoms with E-state index in [9.17, 15) is 0 Å². The molecule has 0 unspecified atom stereocenters. The van der Waals surface area contributed by atoms with Crippen molar-refractivity contribution >= 4 is 11.3 Å². The lowest BCUT2D eigenvalue weighted by Gasteiger charge is -1.99. The minimum Gasteiger partial charge on any atom is -0.332 e. The Morgan fingerprint density at radius 1 is 1.50 bits per heavy atom. The number of imidazole rings is 1. The molecule has 4 heteroatoms. The maximum Gasteiger partial charge on any atom is 0.0953 e. The van der Waals surface area contributed by atoms with Gasteiger partial charge in [-0.15, -0.1) is 11.3 Å². The molecule has 0 amide bonds. The standard InChI is InChI=1S/C12H17N3S/c1-2-5-13-7-11-8-15(10-14-11)9-12-4-3-6-16-12/h3-4,6,8,10,13H,2,5,7,9H2,1H3. The van der Waals surface area contributed by atoms with Crippen LogP contribution in [0.25, 0.3) is 0 Å². The number of nitrogens with one attached hydrogen (secondary N) is 1. The van der Waals surface area contributed by atoms with Crippen LogP contribution in [0.5, 0.6) is 0 Å². The maximum absolute atomic E-state index is 4.37. The Balaban J connectivity index is 1.87. The highest BCUT2D eigenvalue weighted by molar-refractivity contribution is 7.09. The van der Waals surface area contributed by atoms with Gasteiger partial charge in [0.05, 0.1) is 18.6 Å². The van der Waals surface area contributed by atoms with E-state index in [0.29, 0.717) is 0 Å². The topological polar surface area (TPSA) is 29.9 Å². The van der Waals surface area contributed by atoms with Gasteiger partial charge in [-0.1, -0.05) is 13.0 Å². The second-order valence-electron chi connectivity index (χ2n) is 3.79. The van der Waals surface area contributed by atoms with Crippen molar-refractivity contribution in [3.8, 4) is 0 Å². The SMILES string of the molecule is CCCNCc1cn(Cc2cccs2)cn1. The van der Waals surface area contributed by atoms with E-state index in [1.165, 1.54) is 4.88 Å². The molecule has 0 saturated heterocycles. The van der Waals surface area contributed by atoms with Crippen molar-refractivity contribution in [1.29, 1.82) is 0 Å². The number of nitrogens with zero attached hydrogens (tertiary/aromatic N) is 2. The van der Waals surface area contributed by atoms with Crippen molar-refractivity contribution in [1.82, 2.24) is 14.9 Å². The summed E-state index contributed by atoms with van der Waals surface area (Å²) in [6, 6.07) is 4.24. The molecular formula is C12H17N3S. The Morgan fingerprint density at radius 3 is 3.19 bits per heavy atom. The molecule has 86 valence electrons. The predicted molar refractivity (Wildman–Crippen MR) is 67.6 cm³/mol. The molecule has 2 rings (SSSR count). The van der Waals surface area contributed by atoms with Crippen LogP contribution < -0.4 is 5.32 Å². The van der Waals surface area contributed by atoms with Crippen LogP contribution in [-0.4, -0.2) is 16.1 Å². The second kappa shape index (κ2) is 5.82. The normalized spacial score (nSPS) is 10.8. The summed E-state index contributed by atoms with van der Waals surface area (Å²) in [6.45, 7) is 5.02. The molecule has 0 aliphatic rings. The van der Waals surface area contributed by atoms with Crippen molar-refractivity contribution < 1.29 is 0 Å².